The van der Waals surface area contributed by atoms with Crippen molar-refractivity contribution in [2.45, 2.75) is 37.6 Å². The highest BCUT2D eigenvalue weighted by Gasteiger charge is 2.53. The molecule has 0 bridgehead atoms. The molecule has 0 radical (unpaired) electrons. The number of urea groups is 1. The number of carbonyl (C=O) groups is 2. The third-order valence-corrected chi connectivity index (χ3v) is 8.67. The minimum absolute atomic E-state index is 0.0803. The average Bonchev–Trinajstić information content (AvgIpc) is 3.67. The van der Waals surface area contributed by atoms with E-state index in [0.717, 1.165) is 63.0 Å². The minimum atomic E-state index is -0.609. The summed E-state index contributed by atoms with van der Waals surface area (Å²) in [4.78, 5) is 26.5. The van der Waals surface area contributed by atoms with Crippen LogP contribution < -0.4 is 45.9 Å². The molecule has 2 heterocycles. The minimum Gasteiger partial charge on any atom is -0.502 e. The smallest absolute Gasteiger partial charge is 0.315 e. The van der Waals surface area contributed by atoms with Gasteiger partial charge in [0.2, 0.25) is 12.5 Å². The second-order valence-electron chi connectivity index (χ2n) is 11.5. The third kappa shape index (κ3) is 7.32. The number of fused-ring (bicyclic) bond motifs is 3. The summed E-state index contributed by atoms with van der Waals surface area (Å²) in [6.07, 6.45) is 3.96. The number of hydrogen-bond donors (Lipinski definition) is 6. The largest absolute Gasteiger partial charge is 0.502 e. The van der Waals surface area contributed by atoms with E-state index in [9.17, 15) is 14.7 Å². The van der Waals surface area contributed by atoms with Crippen molar-refractivity contribution in [3.05, 3.63) is 41.0 Å². The van der Waals surface area contributed by atoms with Crippen LogP contribution >= 0.6 is 0 Å². The van der Waals surface area contributed by atoms with E-state index >= 15 is 0 Å². The van der Waals surface area contributed by atoms with E-state index in [4.69, 9.17) is 29.4 Å². The van der Waals surface area contributed by atoms with E-state index in [0.29, 0.717) is 30.2 Å². The van der Waals surface area contributed by atoms with Crippen molar-refractivity contribution in [3.63, 3.8) is 0 Å². The molecule has 2 aromatic rings. The highest BCUT2D eigenvalue weighted by Crippen LogP contribution is 2.55. The number of ether oxygens (including phenoxy) is 5. The molecule has 1 saturated heterocycles. The highest BCUT2D eigenvalue weighted by molar-refractivity contribution is 5.80. The Balaban J connectivity index is 1.27. The summed E-state index contributed by atoms with van der Waals surface area (Å²) in [5, 5.41) is 23.4. The fourth-order valence-electron chi connectivity index (χ4n) is 6.43. The van der Waals surface area contributed by atoms with E-state index in [1.54, 1.807) is 12.1 Å². The van der Waals surface area contributed by atoms with Crippen LogP contribution in [0, 0.1) is 11.8 Å². The number of methoxy groups -OCH3 is 2. The van der Waals surface area contributed by atoms with Gasteiger partial charge >= 0.3 is 12.0 Å². The molecule has 5 rings (SSSR count). The summed E-state index contributed by atoms with van der Waals surface area (Å²) in [7, 11) is 2.91. The fraction of sp³-hybridized carbons (Fsp3) is 0.562. The number of phenols is 1. The van der Waals surface area contributed by atoms with Crippen LogP contribution in [-0.2, 0) is 9.53 Å². The Labute approximate surface area is 263 Å². The van der Waals surface area contributed by atoms with Crippen LogP contribution in [0.5, 0.6) is 28.7 Å². The summed E-state index contributed by atoms with van der Waals surface area (Å²) in [5.41, 5.74) is 7.80. The van der Waals surface area contributed by atoms with E-state index in [1.807, 2.05) is 12.1 Å². The molecule has 0 aromatic heterocycles. The van der Waals surface area contributed by atoms with Gasteiger partial charge in [-0.3, -0.25) is 4.79 Å². The molecule has 2 aromatic carbocycles. The number of benzene rings is 2. The predicted octanol–water partition coefficient (Wildman–Crippen LogP) is 2.11. The molecular weight excluding hydrogens is 582 g/mol. The zero-order valence-corrected chi connectivity index (χ0v) is 26.0. The van der Waals surface area contributed by atoms with Gasteiger partial charge in [-0.2, -0.15) is 0 Å². The first-order valence-electron chi connectivity index (χ1n) is 15.7. The van der Waals surface area contributed by atoms with Gasteiger partial charge in [-0.15, -0.1) is 0 Å². The molecule has 0 saturated carbocycles. The van der Waals surface area contributed by atoms with Crippen molar-refractivity contribution >= 4 is 12.0 Å². The number of unbranched alkanes of at least 4 members (excludes halogenated alkanes) is 1. The maximum absolute atomic E-state index is 13.3. The summed E-state index contributed by atoms with van der Waals surface area (Å²) in [6, 6.07) is 6.31. The summed E-state index contributed by atoms with van der Waals surface area (Å²) in [6.45, 7) is 5.12. The van der Waals surface area contributed by atoms with Gasteiger partial charge in [0.1, 0.15) is 0 Å². The lowest BCUT2D eigenvalue weighted by Crippen LogP contribution is -2.46. The average molecular weight is 628 g/mol. The lowest BCUT2D eigenvalue weighted by molar-refractivity contribution is -0.141. The maximum Gasteiger partial charge on any atom is 0.315 e. The molecule has 2 amide bonds. The van der Waals surface area contributed by atoms with Crippen molar-refractivity contribution < 1.29 is 38.4 Å². The number of cyclic esters (lactones) is 1. The molecular formula is C32H45N5O8. The van der Waals surface area contributed by atoms with Crippen LogP contribution in [-0.4, -0.2) is 84.0 Å². The normalized spacial score (nSPS) is 21.1. The van der Waals surface area contributed by atoms with Crippen LogP contribution in [0.25, 0.3) is 0 Å². The van der Waals surface area contributed by atoms with Gasteiger partial charge in [-0.25, -0.2) is 4.79 Å². The Bertz CT molecular complexity index is 1320. The first kappa shape index (κ1) is 32.5. The van der Waals surface area contributed by atoms with Gasteiger partial charge in [0.15, 0.2) is 23.0 Å². The van der Waals surface area contributed by atoms with E-state index in [-0.39, 0.29) is 48.6 Å². The van der Waals surface area contributed by atoms with E-state index in [1.165, 1.54) is 14.2 Å². The van der Waals surface area contributed by atoms with E-state index < -0.39 is 17.9 Å². The summed E-state index contributed by atoms with van der Waals surface area (Å²) in [5.74, 6) is -0.357. The lowest BCUT2D eigenvalue weighted by Gasteiger charge is -2.39. The number of phenolic OH excluding ortho intramolecular Hbond substituents is 1. The van der Waals surface area contributed by atoms with Crippen molar-refractivity contribution in [3.8, 4) is 28.7 Å². The SMILES string of the molecule is COc1cc(C2c3cc4c(cc3[C@@H](NC(=O)NCCCNCCCCNCCCN)C3COC(=O)[C@H]23)OCO4)cc(OC)c1O. The fourth-order valence-corrected chi connectivity index (χ4v) is 6.43. The second-order valence-corrected chi connectivity index (χ2v) is 11.5. The molecule has 13 nitrogen and oxygen atoms in total. The number of carbonyl (C=O) groups excluding carboxylic acids is 2. The lowest BCUT2D eigenvalue weighted by atomic mass is 9.65. The molecule has 2 unspecified atom stereocenters. The molecule has 1 aliphatic carbocycles. The van der Waals surface area contributed by atoms with Gasteiger partial charge in [0, 0.05) is 18.4 Å². The molecule has 2 aliphatic heterocycles. The first-order valence-corrected chi connectivity index (χ1v) is 15.7. The molecule has 13 heteroatoms. The molecule has 1 fully saturated rings. The molecule has 3 aliphatic rings. The summed E-state index contributed by atoms with van der Waals surface area (Å²) < 4.78 is 27.8. The molecule has 246 valence electrons. The monoisotopic (exact) mass is 627 g/mol. The zero-order valence-electron chi connectivity index (χ0n) is 26.0. The van der Waals surface area contributed by atoms with Crippen LogP contribution in [0.1, 0.15) is 54.3 Å². The van der Waals surface area contributed by atoms with Crippen LogP contribution in [0.15, 0.2) is 24.3 Å². The van der Waals surface area contributed by atoms with Gasteiger partial charge in [-0.05, 0) is 99.4 Å². The van der Waals surface area contributed by atoms with Gasteiger partial charge in [-0.1, -0.05) is 0 Å². The van der Waals surface area contributed by atoms with Crippen LogP contribution in [0.2, 0.25) is 0 Å². The van der Waals surface area contributed by atoms with Crippen molar-refractivity contribution in [1.29, 1.82) is 0 Å². The van der Waals surface area contributed by atoms with Gasteiger partial charge in [0.05, 0.1) is 32.8 Å². The number of aromatic hydroxyl groups is 1. The molecule has 0 spiro atoms. The van der Waals surface area contributed by atoms with Crippen molar-refractivity contribution in [2.24, 2.45) is 17.6 Å². The predicted molar refractivity (Wildman–Crippen MR) is 166 cm³/mol. The number of nitrogens with one attached hydrogen (secondary N) is 4. The zero-order chi connectivity index (χ0) is 31.8. The second kappa shape index (κ2) is 15.4. The maximum atomic E-state index is 13.3. The van der Waals surface area contributed by atoms with Crippen molar-refractivity contribution in [1.82, 2.24) is 21.3 Å². The first-order chi connectivity index (χ1) is 22.0. The Morgan fingerprint density at radius 3 is 2.16 bits per heavy atom. The summed E-state index contributed by atoms with van der Waals surface area (Å²) >= 11 is 0. The van der Waals surface area contributed by atoms with Crippen molar-refractivity contribution in [2.75, 3.05) is 66.9 Å². The Morgan fingerprint density at radius 2 is 1.51 bits per heavy atom. The topological polar surface area (TPSA) is 175 Å². The Hall–Kier alpha value is -3.94. The Kier molecular flexibility index (Phi) is 11.1. The molecule has 4 atom stereocenters. The molecule has 7 N–H and O–H groups in total. The molecule has 45 heavy (non-hydrogen) atoms. The number of rotatable bonds is 16. The Morgan fingerprint density at radius 1 is 0.889 bits per heavy atom. The van der Waals surface area contributed by atoms with Crippen LogP contribution in [0.3, 0.4) is 0 Å². The van der Waals surface area contributed by atoms with Gasteiger partial charge < -0.3 is 55.8 Å². The number of nitrogens with two attached hydrogens (primary N) is 1. The highest BCUT2D eigenvalue weighted by atomic mass is 16.7. The number of esters is 1. The quantitative estimate of drug-likeness (QED) is 0.119. The third-order valence-electron chi connectivity index (χ3n) is 8.67. The van der Waals surface area contributed by atoms with Crippen LogP contribution in [0.4, 0.5) is 4.79 Å². The van der Waals surface area contributed by atoms with Gasteiger partial charge in [0.25, 0.3) is 0 Å². The standard InChI is InChI=1S/C32H45N5O8/c1-41-25-13-19(14-26(42-2)30(25)38)27-20-15-23-24(45-18-44-23)16-21(20)29(22-17-43-31(39)28(22)27)37-32(40)36-12-6-11-35-9-4-3-8-34-10-5-7-33/h13-16,22,27-29,34-35,38H,3-12,17-18,33H2,1-2H3,(H2,36,37,40)/t22?,27?,28-,29+/m0/s1. The number of amides is 2. The number of hydrogen-bond acceptors (Lipinski definition) is 11. The van der Waals surface area contributed by atoms with E-state index in [2.05, 4.69) is 21.3 Å².